The molecule has 3 aromatic rings. The molecule has 0 saturated carbocycles. The summed E-state index contributed by atoms with van der Waals surface area (Å²) < 4.78 is 0. The van der Waals surface area contributed by atoms with Gasteiger partial charge >= 0.3 is 0 Å². The average Bonchev–Trinajstić information content (AvgIpc) is 2.71. The number of hydrogen-bond acceptors (Lipinski definition) is 2. The van der Waals surface area contributed by atoms with Crippen LogP contribution < -0.4 is 5.73 Å². The summed E-state index contributed by atoms with van der Waals surface area (Å²) >= 11 is 6.01. The molecule has 0 radical (unpaired) electrons. The topological polar surface area (TPSA) is 54.7 Å². The Morgan fingerprint density at radius 3 is 2.88 bits per heavy atom. The van der Waals surface area contributed by atoms with Gasteiger partial charge in [0, 0.05) is 39.6 Å². The lowest BCUT2D eigenvalue weighted by atomic mass is 10.1. The SMILES string of the molecule is Nc1ccnc(-c2c[nH]c3ccc(Cl)cc23)c1. The summed E-state index contributed by atoms with van der Waals surface area (Å²) in [5.74, 6) is 0. The molecule has 0 unspecified atom stereocenters. The summed E-state index contributed by atoms with van der Waals surface area (Å²) in [4.78, 5) is 7.51. The lowest BCUT2D eigenvalue weighted by Crippen LogP contribution is -1.87. The van der Waals surface area contributed by atoms with Crippen LogP contribution in [0.15, 0.2) is 42.7 Å². The van der Waals surface area contributed by atoms with Gasteiger partial charge in [-0.1, -0.05) is 11.6 Å². The van der Waals surface area contributed by atoms with Gasteiger partial charge in [0.2, 0.25) is 0 Å². The number of halogens is 1. The number of pyridine rings is 1. The maximum Gasteiger partial charge on any atom is 0.0743 e. The quantitative estimate of drug-likeness (QED) is 0.688. The van der Waals surface area contributed by atoms with Gasteiger partial charge in [0.1, 0.15) is 0 Å². The number of nitrogens with two attached hydrogens (primary N) is 1. The minimum absolute atomic E-state index is 0.700. The second-order valence-electron chi connectivity index (χ2n) is 3.87. The molecule has 0 saturated heterocycles. The van der Waals surface area contributed by atoms with Gasteiger partial charge in [-0.15, -0.1) is 0 Å². The molecule has 3 N–H and O–H groups in total. The molecule has 3 rings (SSSR count). The summed E-state index contributed by atoms with van der Waals surface area (Å²) in [7, 11) is 0. The van der Waals surface area contributed by atoms with E-state index < -0.39 is 0 Å². The third-order valence-electron chi connectivity index (χ3n) is 2.70. The van der Waals surface area contributed by atoms with Gasteiger partial charge in [-0.2, -0.15) is 0 Å². The van der Waals surface area contributed by atoms with Crippen molar-refractivity contribution in [3.05, 3.63) is 47.7 Å². The van der Waals surface area contributed by atoms with Crippen LogP contribution in [0.5, 0.6) is 0 Å². The Balaban J connectivity index is 2.27. The molecule has 4 heteroatoms. The molecule has 0 aliphatic heterocycles. The molecule has 2 aromatic heterocycles. The fourth-order valence-corrected chi connectivity index (χ4v) is 2.07. The van der Waals surface area contributed by atoms with Crippen molar-refractivity contribution in [1.82, 2.24) is 9.97 Å². The van der Waals surface area contributed by atoms with E-state index in [1.54, 1.807) is 12.3 Å². The van der Waals surface area contributed by atoms with Crippen molar-refractivity contribution >= 4 is 28.2 Å². The molecular weight excluding hydrogens is 234 g/mol. The number of aromatic amines is 1. The summed E-state index contributed by atoms with van der Waals surface area (Å²) in [6.07, 6.45) is 3.62. The highest BCUT2D eigenvalue weighted by Crippen LogP contribution is 2.29. The highest BCUT2D eigenvalue weighted by molar-refractivity contribution is 6.31. The zero-order chi connectivity index (χ0) is 11.8. The Morgan fingerprint density at radius 2 is 2.06 bits per heavy atom. The Bertz CT molecular complexity index is 688. The molecule has 0 bridgehead atoms. The summed E-state index contributed by atoms with van der Waals surface area (Å²) in [5, 5.41) is 1.76. The van der Waals surface area contributed by atoms with Gasteiger partial charge in [0.05, 0.1) is 5.69 Å². The fraction of sp³-hybridized carbons (Fsp3) is 0. The van der Waals surface area contributed by atoms with Crippen molar-refractivity contribution in [3.63, 3.8) is 0 Å². The molecule has 17 heavy (non-hydrogen) atoms. The van der Waals surface area contributed by atoms with E-state index in [9.17, 15) is 0 Å². The van der Waals surface area contributed by atoms with E-state index in [1.807, 2.05) is 30.5 Å². The third-order valence-corrected chi connectivity index (χ3v) is 2.94. The fourth-order valence-electron chi connectivity index (χ4n) is 1.90. The van der Waals surface area contributed by atoms with Crippen molar-refractivity contribution in [3.8, 4) is 11.3 Å². The molecule has 3 nitrogen and oxygen atoms in total. The molecule has 0 aliphatic carbocycles. The number of H-pyrrole nitrogens is 1. The number of anilines is 1. The summed E-state index contributed by atoms with van der Waals surface area (Å²) in [6.45, 7) is 0. The van der Waals surface area contributed by atoms with Gasteiger partial charge in [-0.05, 0) is 30.3 Å². The first-order valence-electron chi connectivity index (χ1n) is 5.22. The molecule has 0 amide bonds. The smallest absolute Gasteiger partial charge is 0.0743 e. The van der Waals surface area contributed by atoms with Crippen molar-refractivity contribution in [2.45, 2.75) is 0 Å². The van der Waals surface area contributed by atoms with Crippen LogP contribution in [0, 0.1) is 0 Å². The molecule has 0 aliphatic rings. The number of nitrogens with zero attached hydrogens (tertiary/aromatic N) is 1. The molecule has 0 fully saturated rings. The van der Waals surface area contributed by atoms with Crippen LogP contribution in [0.2, 0.25) is 5.02 Å². The van der Waals surface area contributed by atoms with Gasteiger partial charge in [0.25, 0.3) is 0 Å². The second-order valence-corrected chi connectivity index (χ2v) is 4.30. The van der Waals surface area contributed by atoms with Crippen molar-refractivity contribution < 1.29 is 0 Å². The monoisotopic (exact) mass is 243 g/mol. The lowest BCUT2D eigenvalue weighted by molar-refractivity contribution is 1.33. The van der Waals surface area contributed by atoms with Crippen LogP contribution in [0.3, 0.4) is 0 Å². The largest absolute Gasteiger partial charge is 0.399 e. The van der Waals surface area contributed by atoms with E-state index in [-0.39, 0.29) is 0 Å². The van der Waals surface area contributed by atoms with Crippen LogP contribution in [0.1, 0.15) is 0 Å². The lowest BCUT2D eigenvalue weighted by Gasteiger charge is -2.00. The van der Waals surface area contributed by atoms with Crippen LogP contribution >= 0.6 is 11.6 Å². The maximum absolute atomic E-state index is 6.01. The van der Waals surface area contributed by atoms with Crippen LogP contribution in [0.4, 0.5) is 5.69 Å². The maximum atomic E-state index is 6.01. The van der Waals surface area contributed by atoms with E-state index in [1.165, 1.54) is 0 Å². The van der Waals surface area contributed by atoms with Crippen LogP contribution in [-0.2, 0) is 0 Å². The minimum Gasteiger partial charge on any atom is -0.399 e. The Kier molecular flexibility index (Phi) is 2.27. The minimum atomic E-state index is 0.700. The van der Waals surface area contributed by atoms with E-state index in [4.69, 9.17) is 17.3 Å². The molecular formula is C13H10ClN3. The number of aromatic nitrogens is 2. The Labute approximate surface area is 103 Å². The number of benzene rings is 1. The van der Waals surface area contributed by atoms with Gasteiger partial charge in [-0.3, -0.25) is 4.98 Å². The van der Waals surface area contributed by atoms with E-state index in [0.717, 1.165) is 22.2 Å². The molecule has 84 valence electrons. The highest BCUT2D eigenvalue weighted by Gasteiger charge is 2.07. The van der Waals surface area contributed by atoms with Gasteiger partial charge in [-0.25, -0.2) is 0 Å². The van der Waals surface area contributed by atoms with Crippen molar-refractivity contribution in [2.75, 3.05) is 5.73 Å². The zero-order valence-electron chi connectivity index (χ0n) is 8.94. The number of rotatable bonds is 1. The summed E-state index contributed by atoms with van der Waals surface area (Å²) in [5.41, 5.74) is 9.35. The predicted molar refractivity (Wildman–Crippen MR) is 71.0 cm³/mol. The standard InChI is InChI=1S/C13H10ClN3/c14-8-1-2-12-10(5-8)11(7-17-12)13-6-9(15)3-4-16-13/h1-7,17H,(H2,15,16). The van der Waals surface area contributed by atoms with Gasteiger partial charge in [0.15, 0.2) is 0 Å². The highest BCUT2D eigenvalue weighted by atomic mass is 35.5. The van der Waals surface area contributed by atoms with Crippen LogP contribution in [0.25, 0.3) is 22.2 Å². The molecule has 0 atom stereocenters. The van der Waals surface area contributed by atoms with E-state index in [0.29, 0.717) is 10.7 Å². The first-order chi connectivity index (χ1) is 8.24. The number of fused-ring (bicyclic) bond motifs is 1. The molecule has 2 heterocycles. The second kappa shape index (κ2) is 3.79. The number of hydrogen-bond donors (Lipinski definition) is 2. The molecule has 0 spiro atoms. The Hall–Kier alpha value is -2.00. The number of nitrogen functional groups attached to an aromatic ring is 1. The van der Waals surface area contributed by atoms with Crippen molar-refractivity contribution in [1.29, 1.82) is 0 Å². The van der Waals surface area contributed by atoms with E-state index in [2.05, 4.69) is 9.97 Å². The first-order valence-corrected chi connectivity index (χ1v) is 5.60. The predicted octanol–water partition coefficient (Wildman–Crippen LogP) is 3.47. The van der Waals surface area contributed by atoms with E-state index >= 15 is 0 Å². The normalized spacial score (nSPS) is 10.9. The molecule has 1 aromatic carbocycles. The van der Waals surface area contributed by atoms with Crippen molar-refractivity contribution in [2.24, 2.45) is 0 Å². The van der Waals surface area contributed by atoms with Gasteiger partial charge < -0.3 is 10.7 Å². The number of nitrogens with one attached hydrogen (secondary N) is 1. The third kappa shape index (κ3) is 1.74. The van der Waals surface area contributed by atoms with Crippen LogP contribution in [-0.4, -0.2) is 9.97 Å². The summed E-state index contributed by atoms with van der Waals surface area (Å²) in [6, 6.07) is 9.35. The zero-order valence-corrected chi connectivity index (χ0v) is 9.70. The first kappa shape index (κ1) is 10.2. The Morgan fingerprint density at radius 1 is 1.18 bits per heavy atom. The average molecular weight is 244 g/mol.